The van der Waals surface area contributed by atoms with Crippen LogP contribution in [-0.4, -0.2) is 31.2 Å². The number of allylic oxidation sites excluding steroid dienone is 1. The number of rotatable bonds is 2. The van der Waals surface area contributed by atoms with E-state index >= 15 is 0 Å². The first-order valence-electron chi connectivity index (χ1n) is 4.94. The van der Waals surface area contributed by atoms with E-state index in [2.05, 4.69) is 35.4 Å². The zero-order valence-corrected chi connectivity index (χ0v) is 9.22. The second-order valence-corrected chi connectivity index (χ2v) is 4.20. The lowest BCUT2D eigenvalue weighted by atomic mass is 10.2. The van der Waals surface area contributed by atoms with Crippen LogP contribution in [0.1, 0.15) is 11.8 Å². The minimum Gasteiger partial charge on any atom is -0.378 e. The molecule has 0 amide bonds. The second-order valence-electron chi connectivity index (χ2n) is 3.25. The summed E-state index contributed by atoms with van der Waals surface area (Å²) in [6.07, 6.45) is 2.19. The predicted octanol–water partition coefficient (Wildman–Crippen LogP) is 2.44. The molecule has 2 heterocycles. The van der Waals surface area contributed by atoms with Crippen molar-refractivity contribution in [2.75, 3.05) is 26.3 Å². The summed E-state index contributed by atoms with van der Waals surface area (Å²) in [6.45, 7) is 5.82. The number of hydrogen-bond acceptors (Lipinski definition) is 3. The first-order chi connectivity index (χ1) is 6.92. The second kappa shape index (κ2) is 4.62. The monoisotopic (exact) mass is 209 g/mol. The van der Waals surface area contributed by atoms with Gasteiger partial charge in [0.1, 0.15) is 0 Å². The van der Waals surface area contributed by atoms with Crippen LogP contribution in [0.25, 0.3) is 5.70 Å². The van der Waals surface area contributed by atoms with Crippen molar-refractivity contribution in [3.63, 3.8) is 0 Å². The molecule has 14 heavy (non-hydrogen) atoms. The van der Waals surface area contributed by atoms with Gasteiger partial charge in [-0.15, -0.1) is 11.3 Å². The van der Waals surface area contributed by atoms with E-state index in [0.717, 1.165) is 26.3 Å². The predicted molar refractivity (Wildman–Crippen MR) is 60.4 cm³/mol. The molecule has 2 rings (SSSR count). The van der Waals surface area contributed by atoms with Crippen molar-refractivity contribution in [3.05, 3.63) is 28.5 Å². The molecule has 1 aliphatic heterocycles. The van der Waals surface area contributed by atoms with E-state index in [9.17, 15) is 0 Å². The normalized spacial score (nSPS) is 18.6. The molecule has 1 saturated heterocycles. The summed E-state index contributed by atoms with van der Waals surface area (Å²) in [7, 11) is 0. The average molecular weight is 209 g/mol. The van der Waals surface area contributed by atoms with Crippen LogP contribution < -0.4 is 0 Å². The summed E-state index contributed by atoms with van der Waals surface area (Å²) in [5, 5.41) is 2.12. The van der Waals surface area contributed by atoms with E-state index in [0.29, 0.717) is 0 Å². The van der Waals surface area contributed by atoms with Crippen LogP contribution in [0.4, 0.5) is 0 Å². The quantitative estimate of drug-likeness (QED) is 0.742. The first kappa shape index (κ1) is 9.74. The molecule has 0 aromatic carbocycles. The Kier molecular flexibility index (Phi) is 3.22. The van der Waals surface area contributed by atoms with Gasteiger partial charge in [-0.3, -0.25) is 0 Å². The van der Waals surface area contributed by atoms with Crippen LogP contribution in [0.5, 0.6) is 0 Å². The van der Waals surface area contributed by atoms with Gasteiger partial charge in [-0.25, -0.2) is 0 Å². The molecule has 0 radical (unpaired) electrons. The lowest BCUT2D eigenvalue weighted by Crippen LogP contribution is -2.34. The third kappa shape index (κ3) is 1.99. The minimum absolute atomic E-state index is 0.850. The Bertz CT molecular complexity index is 299. The summed E-state index contributed by atoms with van der Waals surface area (Å²) in [5.74, 6) is 0. The van der Waals surface area contributed by atoms with Crippen molar-refractivity contribution in [3.8, 4) is 0 Å². The van der Waals surface area contributed by atoms with Gasteiger partial charge in [0.2, 0.25) is 0 Å². The summed E-state index contributed by atoms with van der Waals surface area (Å²) in [4.78, 5) is 3.75. The Morgan fingerprint density at radius 1 is 1.50 bits per heavy atom. The SMILES string of the molecule is C/C=C(\c1cccs1)N1CCOCC1. The molecule has 2 nitrogen and oxygen atoms in total. The lowest BCUT2D eigenvalue weighted by molar-refractivity contribution is 0.0640. The fourth-order valence-electron chi connectivity index (χ4n) is 1.71. The fraction of sp³-hybridized carbons (Fsp3) is 0.455. The van der Waals surface area contributed by atoms with Crippen LogP contribution in [-0.2, 0) is 4.74 Å². The third-order valence-electron chi connectivity index (χ3n) is 2.40. The van der Waals surface area contributed by atoms with Crippen LogP contribution in [0.2, 0.25) is 0 Å². The standard InChI is InChI=1S/C11H15NOS/c1-2-10(11-4-3-9-14-11)12-5-7-13-8-6-12/h2-4,9H,5-8H2,1H3/b10-2+. The maximum Gasteiger partial charge on any atom is 0.0642 e. The molecule has 0 saturated carbocycles. The molecule has 0 bridgehead atoms. The molecule has 1 aliphatic rings. The summed E-state index contributed by atoms with van der Waals surface area (Å²) >= 11 is 1.80. The Hall–Kier alpha value is -0.800. The Morgan fingerprint density at radius 3 is 2.86 bits per heavy atom. The Morgan fingerprint density at radius 2 is 2.29 bits per heavy atom. The largest absolute Gasteiger partial charge is 0.378 e. The number of thiophene rings is 1. The fourth-order valence-corrected chi connectivity index (χ4v) is 2.54. The summed E-state index contributed by atoms with van der Waals surface area (Å²) in [5.41, 5.74) is 1.35. The number of morpholine rings is 1. The van der Waals surface area contributed by atoms with Gasteiger partial charge in [0.15, 0.2) is 0 Å². The minimum atomic E-state index is 0.850. The molecule has 1 fully saturated rings. The van der Waals surface area contributed by atoms with E-state index in [4.69, 9.17) is 4.74 Å². The molecule has 0 unspecified atom stereocenters. The van der Waals surface area contributed by atoms with Crippen LogP contribution in [0.3, 0.4) is 0 Å². The Balaban J connectivity index is 2.13. The molecule has 0 N–H and O–H groups in total. The third-order valence-corrected chi connectivity index (χ3v) is 3.29. The summed E-state index contributed by atoms with van der Waals surface area (Å²) < 4.78 is 5.35. The van der Waals surface area contributed by atoms with E-state index < -0.39 is 0 Å². The van der Waals surface area contributed by atoms with Crippen LogP contribution in [0.15, 0.2) is 23.6 Å². The highest BCUT2D eigenvalue weighted by atomic mass is 32.1. The average Bonchev–Trinajstić information content (AvgIpc) is 2.74. The number of nitrogens with zero attached hydrogens (tertiary/aromatic N) is 1. The van der Waals surface area contributed by atoms with Crippen molar-refractivity contribution < 1.29 is 4.74 Å². The number of ether oxygens (including phenoxy) is 1. The van der Waals surface area contributed by atoms with Crippen molar-refractivity contribution in [2.45, 2.75) is 6.92 Å². The molecule has 1 aromatic rings. The van der Waals surface area contributed by atoms with E-state index in [1.165, 1.54) is 10.6 Å². The zero-order chi connectivity index (χ0) is 9.80. The van der Waals surface area contributed by atoms with Gasteiger partial charge < -0.3 is 9.64 Å². The van der Waals surface area contributed by atoms with Gasteiger partial charge >= 0.3 is 0 Å². The maximum absolute atomic E-state index is 5.35. The van der Waals surface area contributed by atoms with Gasteiger partial charge in [-0.1, -0.05) is 12.1 Å². The molecular weight excluding hydrogens is 194 g/mol. The molecule has 0 atom stereocenters. The molecular formula is C11H15NOS. The molecule has 76 valence electrons. The van der Waals surface area contributed by atoms with Gasteiger partial charge in [0.25, 0.3) is 0 Å². The smallest absolute Gasteiger partial charge is 0.0642 e. The van der Waals surface area contributed by atoms with Gasteiger partial charge in [0, 0.05) is 18.8 Å². The van der Waals surface area contributed by atoms with E-state index in [1.54, 1.807) is 11.3 Å². The van der Waals surface area contributed by atoms with Crippen molar-refractivity contribution in [1.29, 1.82) is 0 Å². The van der Waals surface area contributed by atoms with Gasteiger partial charge in [-0.05, 0) is 18.4 Å². The van der Waals surface area contributed by atoms with Gasteiger partial charge in [0.05, 0.1) is 18.1 Å². The highest BCUT2D eigenvalue weighted by Gasteiger charge is 2.14. The van der Waals surface area contributed by atoms with Crippen molar-refractivity contribution in [2.24, 2.45) is 0 Å². The van der Waals surface area contributed by atoms with E-state index in [1.807, 2.05) is 0 Å². The number of hydrogen-bond donors (Lipinski definition) is 0. The topological polar surface area (TPSA) is 12.5 Å². The van der Waals surface area contributed by atoms with Crippen molar-refractivity contribution >= 4 is 17.0 Å². The Labute approximate surface area is 88.8 Å². The van der Waals surface area contributed by atoms with Crippen LogP contribution in [0, 0.1) is 0 Å². The zero-order valence-electron chi connectivity index (χ0n) is 8.40. The highest BCUT2D eigenvalue weighted by Crippen LogP contribution is 2.24. The molecule has 1 aromatic heterocycles. The first-order valence-corrected chi connectivity index (χ1v) is 5.82. The van der Waals surface area contributed by atoms with Gasteiger partial charge in [-0.2, -0.15) is 0 Å². The lowest BCUT2D eigenvalue weighted by Gasteiger charge is -2.30. The van der Waals surface area contributed by atoms with E-state index in [-0.39, 0.29) is 0 Å². The highest BCUT2D eigenvalue weighted by molar-refractivity contribution is 7.11. The van der Waals surface area contributed by atoms with Crippen molar-refractivity contribution in [1.82, 2.24) is 4.90 Å². The molecule has 0 aliphatic carbocycles. The maximum atomic E-state index is 5.35. The molecule has 3 heteroatoms. The summed E-state index contributed by atoms with van der Waals surface area (Å²) in [6, 6.07) is 4.28. The molecule has 0 spiro atoms. The van der Waals surface area contributed by atoms with Crippen LogP contribution >= 0.6 is 11.3 Å².